The Balaban J connectivity index is 0.000000283. The third kappa shape index (κ3) is 10.8. The number of hydrogen-bond donors (Lipinski definition) is 0. The van der Waals surface area contributed by atoms with Crippen LogP contribution in [0.4, 0.5) is 0 Å². The van der Waals surface area contributed by atoms with E-state index in [-0.39, 0.29) is 29.0 Å². The molecule has 5 aromatic rings. The summed E-state index contributed by atoms with van der Waals surface area (Å²) in [6.07, 6.45) is 0. The average Bonchev–Trinajstić information content (AvgIpc) is 3.50. The second kappa shape index (κ2) is 15.3. The van der Waals surface area contributed by atoms with Crippen molar-refractivity contribution in [1.29, 1.82) is 0 Å². The molecule has 0 saturated carbocycles. The van der Waals surface area contributed by atoms with Crippen LogP contribution in [0, 0.1) is 0 Å². The van der Waals surface area contributed by atoms with E-state index in [0.717, 1.165) is 5.56 Å². The molecular weight excluding hydrogens is 563 g/mol. The van der Waals surface area contributed by atoms with Gasteiger partial charge in [-0.2, -0.15) is 18.2 Å². The molecule has 0 aliphatic rings. The van der Waals surface area contributed by atoms with Gasteiger partial charge in [0.2, 0.25) is 0 Å². The van der Waals surface area contributed by atoms with Crippen LogP contribution in [0.3, 0.4) is 0 Å². The van der Waals surface area contributed by atoms with Gasteiger partial charge in [0.1, 0.15) is 0 Å². The van der Waals surface area contributed by atoms with Gasteiger partial charge in [-0.15, -0.1) is 45.5 Å². The zero-order valence-electron chi connectivity index (χ0n) is 24.1. The molecule has 0 aromatic heterocycles. The first-order chi connectivity index (χ1) is 17.3. The molecule has 0 fully saturated rings. The van der Waals surface area contributed by atoms with E-state index in [1.54, 1.807) is 30.3 Å². The van der Waals surface area contributed by atoms with Crippen molar-refractivity contribution in [3.63, 3.8) is 0 Å². The topological polar surface area (TPSA) is 23.1 Å². The second-order valence-electron chi connectivity index (χ2n) is 11.5. The Morgan fingerprint density at radius 1 is 0.684 bits per heavy atom. The maximum Gasteiger partial charge on any atom is -0.0771 e. The van der Waals surface area contributed by atoms with E-state index < -0.39 is 0 Å². The maximum absolute atomic E-state index is 11.7. The van der Waals surface area contributed by atoms with Crippen LogP contribution < -0.4 is 17.5 Å². The first-order valence-electron chi connectivity index (χ1n) is 12.8. The van der Waals surface area contributed by atoms with Crippen molar-refractivity contribution in [1.82, 2.24) is 0 Å². The molecule has 5 aromatic carbocycles. The molecule has 0 N–H and O–H groups in total. The molecular formula is C35H41ClOZr-2. The van der Waals surface area contributed by atoms with Crippen LogP contribution in [0.2, 0.25) is 0 Å². The predicted octanol–water partition coefficient (Wildman–Crippen LogP) is 6.22. The molecule has 3 heteroatoms. The van der Waals surface area contributed by atoms with Crippen molar-refractivity contribution in [2.45, 2.75) is 66.2 Å². The summed E-state index contributed by atoms with van der Waals surface area (Å²) in [7, 11) is 0. The molecule has 0 aliphatic heterocycles. The summed E-state index contributed by atoms with van der Waals surface area (Å²) in [5, 5.41) is 17.1. The van der Waals surface area contributed by atoms with Gasteiger partial charge in [-0.1, -0.05) is 102 Å². The van der Waals surface area contributed by atoms with Gasteiger partial charge < -0.3 is 17.5 Å². The summed E-state index contributed by atoms with van der Waals surface area (Å²) in [4.78, 5) is 0. The summed E-state index contributed by atoms with van der Waals surface area (Å²) < 4.78 is 1.51. The van der Waals surface area contributed by atoms with Crippen molar-refractivity contribution in [3.05, 3.63) is 114 Å². The van der Waals surface area contributed by atoms with E-state index in [1.807, 2.05) is 36.4 Å². The summed E-state index contributed by atoms with van der Waals surface area (Å²) >= 11 is 1.55. The SMILES string of the molecule is CC(C)(C)c1ccc([O-])c(C(C)(C)C)c1.C[C](C)=[Zr+2].[Cl-].c1cc[cH-]c1.c1ccc2c(c1)[cH-]c1ccccc12. The summed E-state index contributed by atoms with van der Waals surface area (Å²) in [5.74, 6) is 0.149. The van der Waals surface area contributed by atoms with Crippen LogP contribution in [0.1, 0.15) is 66.5 Å². The minimum atomic E-state index is -0.0711. The molecule has 0 heterocycles. The Morgan fingerprint density at radius 2 is 1.13 bits per heavy atom. The number of hydrogen-bond acceptors (Lipinski definition) is 1. The van der Waals surface area contributed by atoms with E-state index in [1.165, 1.54) is 30.3 Å². The zero-order valence-corrected chi connectivity index (χ0v) is 27.3. The molecule has 5 rings (SSSR count). The molecule has 0 spiro atoms. The minimum absolute atomic E-state index is 0. The largest absolute Gasteiger partial charge is 1.00 e. The molecule has 0 unspecified atom stereocenters. The van der Waals surface area contributed by atoms with E-state index >= 15 is 0 Å². The van der Waals surface area contributed by atoms with Gasteiger partial charge in [-0.05, 0) is 16.4 Å². The van der Waals surface area contributed by atoms with Crippen LogP contribution in [0.5, 0.6) is 5.75 Å². The Hall–Kier alpha value is -2.28. The molecule has 0 radical (unpaired) electrons. The van der Waals surface area contributed by atoms with Crippen LogP contribution >= 0.6 is 0 Å². The quantitative estimate of drug-likeness (QED) is 0.193. The Bertz CT molecular complexity index is 1310. The van der Waals surface area contributed by atoms with Crippen LogP contribution in [0.15, 0.2) is 103 Å². The van der Waals surface area contributed by atoms with E-state index in [4.69, 9.17) is 0 Å². The van der Waals surface area contributed by atoms with Gasteiger partial charge in [0.15, 0.2) is 0 Å². The monoisotopic (exact) mass is 602 g/mol. The fourth-order valence-corrected chi connectivity index (χ4v) is 3.81. The Kier molecular flexibility index (Phi) is 13.6. The van der Waals surface area contributed by atoms with Crippen molar-refractivity contribution < 1.29 is 41.7 Å². The Morgan fingerprint density at radius 3 is 1.50 bits per heavy atom. The average molecular weight is 604 g/mol. The van der Waals surface area contributed by atoms with E-state index in [2.05, 4.69) is 116 Å². The molecule has 0 atom stereocenters. The van der Waals surface area contributed by atoms with Crippen molar-refractivity contribution >= 4 is 24.8 Å². The third-order valence-corrected chi connectivity index (χ3v) is 5.73. The molecule has 0 aliphatic carbocycles. The van der Waals surface area contributed by atoms with Gasteiger partial charge in [0.25, 0.3) is 0 Å². The van der Waals surface area contributed by atoms with Gasteiger partial charge in [-0.25, -0.2) is 12.1 Å². The molecule has 0 bridgehead atoms. The summed E-state index contributed by atoms with van der Waals surface area (Å²) in [5.41, 5.74) is 2.17. The van der Waals surface area contributed by atoms with Gasteiger partial charge >= 0.3 is 41.3 Å². The van der Waals surface area contributed by atoms with E-state index in [0.29, 0.717) is 0 Å². The second-order valence-corrected chi connectivity index (χ2v) is 14.0. The molecule has 1 nitrogen and oxygen atoms in total. The molecule has 0 amide bonds. The number of rotatable bonds is 0. The van der Waals surface area contributed by atoms with Crippen molar-refractivity contribution in [2.24, 2.45) is 0 Å². The van der Waals surface area contributed by atoms with Gasteiger partial charge in [0.05, 0.1) is 0 Å². The third-order valence-electron chi connectivity index (χ3n) is 5.73. The maximum atomic E-state index is 11.7. The number of fused-ring (bicyclic) bond motifs is 3. The first-order valence-corrected chi connectivity index (χ1v) is 14.1. The molecule has 0 saturated heterocycles. The number of benzene rings is 3. The molecule has 200 valence electrons. The van der Waals surface area contributed by atoms with Crippen LogP contribution in [-0.4, -0.2) is 3.21 Å². The van der Waals surface area contributed by atoms with E-state index in [9.17, 15) is 5.11 Å². The van der Waals surface area contributed by atoms with Crippen LogP contribution in [-0.2, 0) is 35.1 Å². The first kappa shape index (κ1) is 33.8. The zero-order chi connectivity index (χ0) is 27.6. The smallest absolute Gasteiger partial charge is 0.0771 e. The summed E-state index contributed by atoms with van der Waals surface area (Å²) in [6.45, 7) is 17.0. The van der Waals surface area contributed by atoms with Crippen molar-refractivity contribution in [3.8, 4) is 5.75 Å². The fraction of sp³-hybridized carbons (Fsp3) is 0.286. The minimum Gasteiger partial charge on any atom is -1.00 e. The standard InChI is InChI=1S/C14H22O.C13H9.C5H5.C3H6.ClH.Zr/c1-13(2,3)10-7-8-12(15)11(9-10)14(4,5)6;1-3-7-12-10(5-1)9-11-6-2-4-8-13(11)12;1-2-4-5-3-1;1-3-2;;/h7-9,15H,1-6H3;1-9H;1-5H;1-2H3;1H;/q;2*-1;;;+2/p-2. The van der Waals surface area contributed by atoms with Crippen molar-refractivity contribution in [2.75, 3.05) is 0 Å². The number of halogens is 1. The predicted molar refractivity (Wildman–Crippen MR) is 159 cm³/mol. The molecule has 38 heavy (non-hydrogen) atoms. The fourth-order valence-electron chi connectivity index (χ4n) is 3.81. The van der Waals surface area contributed by atoms with Gasteiger partial charge in [0, 0.05) is 0 Å². The van der Waals surface area contributed by atoms with Crippen LogP contribution in [0.25, 0.3) is 21.5 Å². The van der Waals surface area contributed by atoms with Gasteiger partial charge in [-0.3, -0.25) is 0 Å². The Labute approximate surface area is 251 Å². The summed E-state index contributed by atoms with van der Waals surface area (Å²) in [6, 6.07) is 35.0. The normalized spacial score (nSPS) is 10.7.